The van der Waals surface area contributed by atoms with E-state index in [0.717, 1.165) is 23.5 Å². The summed E-state index contributed by atoms with van der Waals surface area (Å²) < 4.78 is 6.19. The van der Waals surface area contributed by atoms with Crippen LogP contribution in [0, 0.1) is 5.92 Å². The molecule has 7 nitrogen and oxygen atoms in total. The Labute approximate surface area is 204 Å². The van der Waals surface area contributed by atoms with Crippen LogP contribution in [0.2, 0.25) is 0 Å². The van der Waals surface area contributed by atoms with Crippen molar-refractivity contribution in [3.8, 4) is 5.75 Å². The van der Waals surface area contributed by atoms with Gasteiger partial charge in [-0.1, -0.05) is 26.7 Å². The zero-order valence-electron chi connectivity index (χ0n) is 21.1. The number of carbonyl (C=O) groups excluding carboxylic acids is 3. The van der Waals surface area contributed by atoms with Gasteiger partial charge in [0, 0.05) is 38.2 Å². The molecule has 2 unspecified atom stereocenters. The van der Waals surface area contributed by atoms with E-state index in [1.54, 1.807) is 18.0 Å². The highest BCUT2D eigenvalue weighted by Crippen LogP contribution is 2.31. The molecule has 7 heteroatoms. The number of hydrogen-bond acceptors (Lipinski definition) is 5. The molecule has 1 saturated carbocycles. The van der Waals surface area contributed by atoms with Crippen LogP contribution in [0.4, 0.5) is 0 Å². The maximum absolute atomic E-state index is 12.8. The Morgan fingerprint density at radius 1 is 1.21 bits per heavy atom. The number of benzene rings is 1. The van der Waals surface area contributed by atoms with Crippen LogP contribution in [0.15, 0.2) is 18.2 Å². The van der Waals surface area contributed by atoms with Gasteiger partial charge in [-0.25, -0.2) is 0 Å². The molecular formula is C27H41N3O4. The highest BCUT2D eigenvalue weighted by atomic mass is 16.5. The molecule has 3 aliphatic rings. The number of fused-ring (bicyclic) bond motifs is 1. The van der Waals surface area contributed by atoms with E-state index >= 15 is 0 Å². The summed E-state index contributed by atoms with van der Waals surface area (Å²) >= 11 is 0. The maximum atomic E-state index is 12.8. The standard InChI is InChI=1S/C25H35N3O4.C2H6/c1-26-24(30)11-8-20(16-29)28-15-19-13-22(9-10-23(19)25(28)31)32-17-21-7-2-3-12-27(21)14-18-5-4-6-18;1-2/h9-10,13,16,18,20-21H,2-8,11-12,14-15,17H2,1H3,(H,26,30);1-2H3. The Bertz CT molecular complexity index is 839. The van der Waals surface area contributed by atoms with Crippen LogP contribution in [0.3, 0.4) is 0 Å². The molecule has 2 heterocycles. The molecule has 4 rings (SSSR count). The van der Waals surface area contributed by atoms with Gasteiger partial charge in [0.15, 0.2) is 0 Å². The third kappa shape index (κ3) is 6.38. The molecule has 0 aromatic heterocycles. The number of hydrogen-bond donors (Lipinski definition) is 1. The van der Waals surface area contributed by atoms with Crippen molar-refractivity contribution in [2.24, 2.45) is 5.92 Å². The normalized spacial score (nSPS) is 21.1. The first-order valence-electron chi connectivity index (χ1n) is 13.1. The second-order valence-corrected chi connectivity index (χ2v) is 9.42. The molecule has 1 aromatic rings. The Hall–Kier alpha value is -2.41. The number of aldehydes is 1. The molecule has 2 aliphatic heterocycles. The number of piperidine rings is 1. The molecule has 1 aromatic carbocycles. The van der Waals surface area contributed by atoms with Gasteiger partial charge in [-0.2, -0.15) is 0 Å². The van der Waals surface area contributed by atoms with Crippen molar-refractivity contribution in [1.82, 2.24) is 15.1 Å². The predicted octanol–water partition coefficient (Wildman–Crippen LogP) is 3.80. The number of amides is 2. The molecule has 2 amide bonds. The van der Waals surface area contributed by atoms with Gasteiger partial charge in [0.1, 0.15) is 18.6 Å². The van der Waals surface area contributed by atoms with Gasteiger partial charge >= 0.3 is 0 Å². The van der Waals surface area contributed by atoms with Crippen molar-refractivity contribution in [3.05, 3.63) is 29.3 Å². The summed E-state index contributed by atoms with van der Waals surface area (Å²) in [5.74, 6) is 1.35. The second-order valence-electron chi connectivity index (χ2n) is 9.42. The van der Waals surface area contributed by atoms with E-state index in [0.29, 0.717) is 31.2 Å². The van der Waals surface area contributed by atoms with Crippen molar-refractivity contribution < 1.29 is 19.1 Å². The smallest absolute Gasteiger partial charge is 0.255 e. The number of ether oxygens (including phenoxy) is 1. The Morgan fingerprint density at radius 3 is 2.68 bits per heavy atom. The summed E-state index contributed by atoms with van der Waals surface area (Å²) in [4.78, 5) is 40.2. The van der Waals surface area contributed by atoms with Crippen LogP contribution < -0.4 is 10.1 Å². The maximum Gasteiger partial charge on any atom is 0.255 e. The zero-order chi connectivity index (χ0) is 24.5. The van der Waals surface area contributed by atoms with E-state index in [2.05, 4.69) is 10.2 Å². The zero-order valence-corrected chi connectivity index (χ0v) is 21.1. The quantitative estimate of drug-likeness (QED) is 0.525. The van der Waals surface area contributed by atoms with E-state index in [4.69, 9.17) is 4.74 Å². The van der Waals surface area contributed by atoms with Crippen molar-refractivity contribution in [2.45, 2.75) is 83.8 Å². The fraction of sp³-hybridized carbons (Fsp3) is 0.667. The minimum Gasteiger partial charge on any atom is -0.492 e. The van der Waals surface area contributed by atoms with Crippen LogP contribution in [-0.4, -0.2) is 66.7 Å². The fourth-order valence-corrected chi connectivity index (χ4v) is 5.07. The van der Waals surface area contributed by atoms with Gasteiger partial charge < -0.3 is 19.7 Å². The van der Waals surface area contributed by atoms with Gasteiger partial charge in [-0.3, -0.25) is 14.5 Å². The number of likely N-dealkylation sites (tertiary alicyclic amines) is 1. The van der Waals surface area contributed by atoms with Crippen molar-refractivity contribution >= 4 is 18.1 Å². The highest BCUT2D eigenvalue weighted by molar-refractivity contribution is 5.99. The average Bonchev–Trinajstić information content (AvgIpc) is 3.17. The molecule has 2 fully saturated rings. The third-order valence-corrected chi connectivity index (χ3v) is 7.32. The van der Waals surface area contributed by atoms with Gasteiger partial charge in [-0.05, 0) is 68.3 Å². The summed E-state index contributed by atoms with van der Waals surface area (Å²) in [5.41, 5.74) is 1.50. The van der Waals surface area contributed by atoms with E-state index in [-0.39, 0.29) is 18.2 Å². The number of nitrogens with zero attached hydrogens (tertiary/aromatic N) is 2. The molecule has 1 saturated heterocycles. The number of carbonyl (C=O) groups is 3. The number of nitrogens with one attached hydrogen (secondary N) is 1. The molecule has 34 heavy (non-hydrogen) atoms. The Balaban J connectivity index is 0.00000158. The predicted molar refractivity (Wildman–Crippen MR) is 133 cm³/mol. The molecule has 2 atom stereocenters. The Morgan fingerprint density at radius 2 is 2.00 bits per heavy atom. The molecule has 0 radical (unpaired) electrons. The summed E-state index contributed by atoms with van der Waals surface area (Å²) in [6.45, 7) is 7.41. The molecule has 188 valence electrons. The molecule has 0 spiro atoms. The largest absolute Gasteiger partial charge is 0.492 e. The van der Waals surface area contributed by atoms with E-state index in [1.165, 1.54) is 51.6 Å². The lowest BCUT2D eigenvalue weighted by Gasteiger charge is -2.39. The van der Waals surface area contributed by atoms with E-state index in [1.807, 2.05) is 26.0 Å². The Kier molecular flexibility index (Phi) is 9.93. The molecule has 1 N–H and O–H groups in total. The molecular weight excluding hydrogens is 430 g/mol. The summed E-state index contributed by atoms with van der Waals surface area (Å²) in [5, 5.41) is 2.55. The lowest BCUT2D eigenvalue weighted by molar-refractivity contribution is -0.121. The minimum atomic E-state index is -0.598. The first-order valence-corrected chi connectivity index (χ1v) is 13.1. The van der Waals surface area contributed by atoms with E-state index in [9.17, 15) is 14.4 Å². The van der Waals surface area contributed by atoms with Gasteiger partial charge in [-0.15, -0.1) is 0 Å². The monoisotopic (exact) mass is 471 g/mol. The van der Waals surface area contributed by atoms with E-state index < -0.39 is 6.04 Å². The fourth-order valence-electron chi connectivity index (χ4n) is 5.07. The topological polar surface area (TPSA) is 79.0 Å². The average molecular weight is 472 g/mol. The van der Waals surface area contributed by atoms with Gasteiger partial charge in [0.2, 0.25) is 5.91 Å². The van der Waals surface area contributed by atoms with Crippen LogP contribution in [-0.2, 0) is 16.1 Å². The summed E-state index contributed by atoms with van der Waals surface area (Å²) in [6.07, 6.45) is 9.12. The van der Waals surface area contributed by atoms with Gasteiger partial charge in [0.05, 0.1) is 6.04 Å². The van der Waals surface area contributed by atoms with Crippen LogP contribution >= 0.6 is 0 Å². The van der Waals surface area contributed by atoms with Gasteiger partial charge in [0.25, 0.3) is 5.91 Å². The van der Waals surface area contributed by atoms with Crippen LogP contribution in [0.25, 0.3) is 0 Å². The summed E-state index contributed by atoms with van der Waals surface area (Å²) in [6, 6.07) is 5.46. The molecule has 0 bridgehead atoms. The molecule has 1 aliphatic carbocycles. The lowest BCUT2D eigenvalue weighted by atomic mass is 9.84. The van der Waals surface area contributed by atoms with Crippen LogP contribution in [0.1, 0.15) is 81.1 Å². The minimum absolute atomic E-state index is 0.134. The number of rotatable bonds is 10. The van der Waals surface area contributed by atoms with Crippen molar-refractivity contribution in [3.63, 3.8) is 0 Å². The summed E-state index contributed by atoms with van der Waals surface area (Å²) in [7, 11) is 1.57. The second kappa shape index (κ2) is 12.9. The first-order chi connectivity index (χ1) is 16.6. The van der Waals surface area contributed by atoms with Crippen molar-refractivity contribution in [1.29, 1.82) is 0 Å². The highest BCUT2D eigenvalue weighted by Gasteiger charge is 2.33. The first kappa shape index (κ1) is 26.2. The van der Waals surface area contributed by atoms with Crippen molar-refractivity contribution in [2.75, 3.05) is 26.7 Å². The third-order valence-electron chi connectivity index (χ3n) is 7.32. The SMILES string of the molecule is CC.CNC(=O)CCC(C=O)N1Cc2cc(OCC3CCCCN3CC3CCC3)ccc2C1=O. The lowest BCUT2D eigenvalue weighted by Crippen LogP contribution is -2.46. The van der Waals surface area contributed by atoms with Crippen LogP contribution in [0.5, 0.6) is 5.75 Å².